The van der Waals surface area contributed by atoms with Crippen molar-refractivity contribution in [1.29, 1.82) is 0 Å². The number of nitrogens with one attached hydrogen (secondary N) is 1. The van der Waals surface area contributed by atoms with Gasteiger partial charge in [-0.25, -0.2) is 5.43 Å². The molecule has 2 rings (SSSR count). The van der Waals surface area contributed by atoms with Gasteiger partial charge in [0.05, 0.1) is 6.04 Å². The predicted octanol–water partition coefficient (Wildman–Crippen LogP) is 4.00. The number of halogens is 2. The molecule has 0 aliphatic heterocycles. The molecule has 0 radical (unpaired) electrons. The number of benzene rings is 1. The topological polar surface area (TPSA) is 38.0 Å². The molecule has 0 aromatic heterocycles. The van der Waals surface area contributed by atoms with Gasteiger partial charge in [0.15, 0.2) is 0 Å². The molecule has 0 amide bonds. The summed E-state index contributed by atoms with van der Waals surface area (Å²) in [5, 5.41) is 1.32. The normalized spacial score (nSPS) is 17.7. The molecule has 1 aliphatic carbocycles. The van der Waals surface area contributed by atoms with Gasteiger partial charge in [0.25, 0.3) is 0 Å². The van der Waals surface area contributed by atoms with Gasteiger partial charge >= 0.3 is 0 Å². The van der Waals surface area contributed by atoms with E-state index in [1.807, 2.05) is 18.2 Å². The second-order valence-corrected chi connectivity index (χ2v) is 5.07. The molecule has 1 aliphatic rings. The fourth-order valence-corrected chi connectivity index (χ4v) is 2.90. The molecule has 0 saturated carbocycles. The maximum atomic E-state index is 6.22. The second kappa shape index (κ2) is 5.87. The highest BCUT2D eigenvalue weighted by molar-refractivity contribution is 6.36. The van der Waals surface area contributed by atoms with Crippen molar-refractivity contribution in [2.45, 2.75) is 31.7 Å². The molecule has 0 fully saturated rings. The van der Waals surface area contributed by atoms with E-state index in [2.05, 4.69) is 11.5 Å². The van der Waals surface area contributed by atoms with E-state index >= 15 is 0 Å². The van der Waals surface area contributed by atoms with Gasteiger partial charge in [-0.15, -0.1) is 0 Å². The third kappa shape index (κ3) is 2.83. The third-order valence-electron chi connectivity index (χ3n) is 3.15. The fourth-order valence-electron chi connectivity index (χ4n) is 2.29. The average Bonchev–Trinajstić information content (AvgIpc) is 2.35. The van der Waals surface area contributed by atoms with Crippen molar-refractivity contribution in [3.05, 3.63) is 45.5 Å². The molecule has 0 bridgehead atoms. The van der Waals surface area contributed by atoms with Gasteiger partial charge in [0, 0.05) is 15.6 Å². The molecule has 0 spiro atoms. The van der Waals surface area contributed by atoms with Crippen LogP contribution in [-0.4, -0.2) is 0 Å². The van der Waals surface area contributed by atoms with Crippen LogP contribution in [0.25, 0.3) is 0 Å². The summed E-state index contributed by atoms with van der Waals surface area (Å²) < 4.78 is 0. The summed E-state index contributed by atoms with van der Waals surface area (Å²) in [6.45, 7) is 0. The Hall–Kier alpha value is -0.540. The first-order chi connectivity index (χ1) is 8.24. The fraction of sp³-hybridized carbons (Fsp3) is 0.385. The first kappa shape index (κ1) is 12.9. The zero-order chi connectivity index (χ0) is 12.3. The highest BCUT2D eigenvalue weighted by Crippen LogP contribution is 2.36. The van der Waals surface area contributed by atoms with Gasteiger partial charge < -0.3 is 0 Å². The van der Waals surface area contributed by atoms with E-state index in [9.17, 15) is 0 Å². The second-order valence-electron chi connectivity index (χ2n) is 4.26. The quantitative estimate of drug-likeness (QED) is 0.495. The van der Waals surface area contributed by atoms with Gasteiger partial charge in [0.2, 0.25) is 0 Å². The molecular formula is C13H16Cl2N2. The maximum absolute atomic E-state index is 6.22. The van der Waals surface area contributed by atoms with Gasteiger partial charge in [-0.05, 0) is 37.8 Å². The Kier molecular flexibility index (Phi) is 4.46. The molecule has 4 heteroatoms. The average molecular weight is 271 g/mol. The summed E-state index contributed by atoms with van der Waals surface area (Å²) in [5.74, 6) is 5.67. The number of hydrogen-bond acceptors (Lipinski definition) is 2. The lowest BCUT2D eigenvalue weighted by Gasteiger charge is -2.24. The molecular weight excluding hydrogens is 255 g/mol. The Balaban J connectivity index is 2.38. The Morgan fingerprint density at radius 1 is 1.18 bits per heavy atom. The summed E-state index contributed by atoms with van der Waals surface area (Å²) in [6.07, 6.45) is 6.85. The zero-order valence-corrected chi connectivity index (χ0v) is 11.1. The minimum atomic E-state index is -0.0727. The van der Waals surface area contributed by atoms with Crippen LogP contribution < -0.4 is 11.3 Å². The van der Waals surface area contributed by atoms with Crippen molar-refractivity contribution in [2.75, 3.05) is 0 Å². The Morgan fingerprint density at radius 3 is 2.41 bits per heavy atom. The molecule has 92 valence electrons. The van der Waals surface area contributed by atoms with Crippen molar-refractivity contribution in [2.24, 2.45) is 5.84 Å². The molecule has 17 heavy (non-hydrogen) atoms. The van der Waals surface area contributed by atoms with Gasteiger partial charge in [-0.2, -0.15) is 0 Å². The lowest BCUT2D eigenvalue weighted by molar-refractivity contribution is 0.566. The predicted molar refractivity (Wildman–Crippen MR) is 73.1 cm³/mol. The third-order valence-corrected chi connectivity index (χ3v) is 3.81. The molecule has 1 aromatic rings. The van der Waals surface area contributed by atoms with Crippen molar-refractivity contribution < 1.29 is 0 Å². The Morgan fingerprint density at radius 2 is 1.88 bits per heavy atom. The highest BCUT2D eigenvalue weighted by Gasteiger charge is 2.21. The molecule has 0 heterocycles. The van der Waals surface area contributed by atoms with E-state index in [1.165, 1.54) is 18.4 Å². The van der Waals surface area contributed by atoms with Crippen molar-refractivity contribution in [3.8, 4) is 0 Å². The molecule has 1 atom stereocenters. The number of hydrazine groups is 1. The van der Waals surface area contributed by atoms with Crippen LogP contribution in [0.15, 0.2) is 29.8 Å². The van der Waals surface area contributed by atoms with Crippen LogP contribution in [0.1, 0.15) is 37.3 Å². The largest absolute Gasteiger partial charge is 0.271 e. The monoisotopic (exact) mass is 270 g/mol. The van der Waals surface area contributed by atoms with Crippen molar-refractivity contribution >= 4 is 23.2 Å². The Labute approximate surface area is 112 Å². The summed E-state index contributed by atoms with van der Waals surface area (Å²) in [4.78, 5) is 0. The number of rotatable bonds is 3. The highest BCUT2D eigenvalue weighted by atomic mass is 35.5. The Bertz CT molecular complexity index is 409. The maximum Gasteiger partial charge on any atom is 0.0699 e. The first-order valence-electron chi connectivity index (χ1n) is 5.83. The number of nitrogens with two attached hydrogens (primary N) is 1. The summed E-state index contributed by atoms with van der Waals surface area (Å²) in [5.41, 5.74) is 5.00. The lowest BCUT2D eigenvalue weighted by Crippen LogP contribution is -2.30. The van der Waals surface area contributed by atoms with Gasteiger partial charge in [0.1, 0.15) is 0 Å². The number of allylic oxidation sites excluding steroid dienone is 1. The van der Waals surface area contributed by atoms with Gasteiger partial charge in [-0.1, -0.05) is 40.9 Å². The molecule has 2 nitrogen and oxygen atoms in total. The van der Waals surface area contributed by atoms with E-state index in [0.29, 0.717) is 10.0 Å². The van der Waals surface area contributed by atoms with E-state index in [0.717, 1.165) is 18.4 Å². The summed E-state index contributed by atoms with van der Waals surface area (Å²) in [7, 11) is 0. The minimum absolute atomic E-state index is 0.0727. The molecule has 0 saturated heterocycles. The summed E-state index contributed by atoms with van der Waals surface area (Å²) in [6, 6.07) is 5.46. The van der Waals surface area contributed by atoms with Crippen LogP contribution in [0, 0.1) is 0 Å². The van der Waals surface area contributed by atoms with Crippen LogP contribution >= 0.6 is 23.2 Å². The van der Waals surface area contributed by atoms with E-state index < -0.39 is 0 Å². The molecule has 3 N–H and O–H groups in total. The standard InChI is InChI=1S/C13H16Cl2N2/c14-10-7-4-8-11(15)12(10)13(17-16)9-5-2-1-3-6-9/h4-5,7-8,13,17H,1-3,6,16H2. The van der Waals surface area contributed by atoms with Gasteiger partial charge in [-0.3, -0.25) is 5.84 Å². The zero-order valence-electron chi connectivity index (χ0n) is 9.55. The number of hydrogen-bond donors (Lipinski definition) is 2. The van der Waals surface area contributed by atoms with Crippen LogP contribution in [0.5, 0.6) is 0 Å². The van der Waals surface area contributed by atoms with Crippen LogP contribution in [0.3, 0.4) is 0 Å². The van der Waals surface area contributed by atoms with E-state index in [-0.39, 0.29) is 6.04 Å². The SMILES string of the molecule is NNC(C1=CCCCC1)c1c(Cl)cccc1Cl. The van der Waals surface area contributed by atoms with E-state index in [4.69, 9.17) is 29.0 Å². The van der Waals surface area contributed by atoms with Crippen molar-refractivity contribution in [3.63, 3.8) is 0 Å². The summed E-state index contributed by atoms with van der Waals surface area (Å²) >= 11 is 12.4. The van der Waals surface area contributed by atoms with Crippen LogP contribution in [-0.2, 0) is 0 Å². The van der Waals surface area contributed by atoms with Crippen LogP contribution in [0.2, 0.25) is 10.0 Å². The lowest BCUT2D eigenvalue weighted by atomic mass is 9.90. The molecule has 1 aromatic carbocycles. The van der Waals surface area contributed by atoms with Crippen molar-refractivity contribution in [1.82, 2.24) is 5.43 Å². The minimum Gasteiger partial charge on any atom is -0.271 e. The molecule has 1 unspecified atom stereocenters. The van der Waals surface area contributed by atoms with Crippen LogP contribution in [0.4, 0.5) is 0 Å². The van der Waals surface area contributed by atoms with E-state index in [1.54, 1.807) is 0 Å². The first-order valence-corrected chi connectivity index (χ1v) is 6.58. The smallest absolute Gasteiger partial charge is 0.0699 e.